The lowest BCUT2D eigenvalue weighted by molar-refractivity contribution is -0.128. The molecule has 0 bridgehead atoms. The summed E-state index contributed by atoms with van der Waals surface area (Å²) < 4.78 is 22.8. The van der Waals surface area contributed by atoms with Crippen molar-refractivity contribution in [1.29, 1.82) is 0 Å². The van der Waals surface area contributed by atoms with Gasteiger partial charge in [0.1, 0.15) is 5.41 Å². The molecule has 1 saturated carbocycles. The van der Waals surface area contributed by atoms with Crippen LogP contribution in [0.3, 0.4) is 0 Å². The van der Waals surface area contributed by atoms with Gasteiger partial charge in [0.15, 0.2) is 15.7 Å². The summed E-state index contributed by atoms with van der Waals surface area (Å²) in [5, 5.41) is 14.5. The molecule has 0 radical (unpaired) electrons. The van der Waals surface area contributed by atoms with Crippen LogP contribution < -0.4 is 11.1 Å². The van der Waals surface area contributed by atoms with Crippen molar-refractivity contribution in [2.24, 2.45) is 16.3 Å². The molecule has 0 spiro atoms. The Morgan fingerprint density at radius 3 is 2.45 bits per heavy atom. The number of hydrogen-bond acceptors (Lipinski definition) is 5. The summed E-state index contributed by atoms with van der Waals surface area (Å²) >= 11 is 0. The van der Waals surface area contributed by atoms with E-state index in [9.17, 15) is 13.2 Å². The van der Waals surface area contributed by atoms with Gasteiger partial charge >= 0.3 is 0 Å². The largest absolute Gasteiger partial charge is 0.409 e. The number of hydrogen-bond donors (Lipinski definition) is 3. The highest BCUT2D eigenvalue weighted by Crippen LogP contribution is 2.36. The molecule has 20 heavy (non-hydrogen) atoms. The lowest BCUT2D eigenvalue weighted by atomic mass is 9.72. The Kier molecular flexibility index (Phi) is 5.79. The Labute approximate surface area is 119 Å². The molecule has 1 fully saturated rings. The molecule has 1 rings (SSSR count). The molecule has 7 nitrogen and oxygen atoms in total. The first-order valence-corrected chi connectivity index (χ1v) is 8.67. The Balaban J connectivity index is 2.70. The number of amidine groups is 1. The second-order valence-corrected chi connectivity index (χ2v) is 7.59. The summed E-state index contributed by atoms with van der Waals surface area (Å²) in [6.07, 6.45) is 3.72. The first-order chi connectivity index (χ1) is 9.38. The first-order valence-electron chi connectivity index (χ1n) is 6.84. The Morgan fingerprint density at radius 1 is 1.35 bits per heavy atom. The topological polar surface area (TPSA) is 122 Å². The maximum absolute atomic E-state index is 12.3. The van der Waals surface area contributed by atoms with Crippen molar-refractivity contribution in [3.8, 4) is 0 Å². The van der Waals surface area contributed by atoms with Crippen LogP contribution in [0.25, 0.3) is 0 Å². The van der Waals surface area contributed by atoms with Gasteiger partial charge in [0.2, 0.25) is 5.91 Å². The highest BCUT2D eigenvalue weighted by molar-refractivity contribution is 7.91. The van der Waals surface area contributed by atoms with E-state index >= 15 is 0 Å². The van der Waals surface area contributed by atoms with Crippen molar-refractivity contribution in [3.63, 3.8) is 0 Å². The van der Waals surface area contributed by atoms with Crippen LogP contribution in [0.4, 0.5) is 0 Å². The van der Waals surface area contributed by atoms with Crippen LogP contribution in [0.2, 0.25) is 0 Å². The monoisotopic (exact) mass is 305 g/mol. The van der Waals surface area contributed by atoms with Crippen LogP contribution in [-0.4, -0.2) is 43.4 Å². The second-order valence-electron chi connectivity index (χ2n) is 5.12. The summed E-state index contributed by atoms with van der Waals surface area (Å²) in [5.74, 6) is -0.484. The van der Waals surface area contributed by atoms with Crippen molar-refractivity contribution in [1.82, 2.24) is 5.32 Å². The molecule has 0 aromatic rings. The molecule has 0 saturated heterocycles. The van der Waals surface area contributed by atoms with E-state index in [1.54, 1.807) is 6.92 Å². The Bertz CT molecular complexity index is 467. The number of nitrogens with zero attached hydrogens (tertiary/aromatic N) is 1. The van der Waals surface area contributed by atoms with Crippen LogP contribution in [0, 0.1) is 5.41 Å². The predicted molar refractivity (Wildman–Crippen MR) is 76.3 cm³/mol. The summed E-state index contributed by atoms with van der Waals surface area (Å²) in [7, 11) is -3.12. The van der Waals surface area contributed by atoms with Gasteiger partial charge in [0, 0.05) is 12.3 Å². The van der Waals surface area contributed by atoms with E-state index in [4.69, 9.17) is 10.9 Å². The van der Waals surface area contributed by atoms with E-state index in [1.165, 1.54) is 0 Å². The zero-order valence-corrected chi connectivity index (χ0v) is 12.6. The van der Waals surface area contributed by atoms with Gasteiger partial charge in [-0.2, -0.15) is 0 Å². The summed E-state index contributed by atoms with van der Waals surface area (Å²) in [5.41, 5.74) is 4.69. The predicted octanol–water partition coefficient (Wildman–Crippen LogP) is 0.234. The van der Waals surface area contributed by atoms with Crippen LogP contribution in [0.15, 0.2) is 5.16 Å². The minimum Gasteiger partial charge on any atom is -0.409 e. The Hall–Kier alpha value is -1.31. The highest BCUT2D eigenvalue weighted by Gasteiger charge is 2.43. The van der Waals surface area contributed by atoms with Gasteiger partial charge in [-0.05, 0) is 12.8 Å². The number of nitrogens with one attached hydrogen (secondary N) is 1. The van der Waals surface area contributed by atoms with Gasteiger partial charge in [0.05, 0.1) is 5.75 Å². The number of carbonyl (C=O) groups excluding carboxylic acids is 1. The van der Waals surface area contributed by atoms with Crippen LogP contribution in [0.1, 0.15) is 39.0 Å². The zero-order valence-electron chi connectivity index (χ0n) is 11.8. The van der Waals surface area contributed by atoms with E-state index in [2.05, 4.69) is 10.5 Å². The smallest absolute Gasteiger partial charge is 0.233 e. The summed E-state index contributed by atoms with van der Waals surface area (Å²) in [6.45, 7) is 1.62. The summed E-state index contributed by atoms with van der Waals surface area (Å²) in [4.78, 5) is 12.3. The normalized spacial score (nSPS) is 19.6. The zero-order chi connectivity index (χ0) is 15.2. The molecule has 0 atom stereocenters. The first kappa shape index (κ1) is 16.7. The van der Waals surface area contributed by atoms with E-state index in [1.807, 2.05) is 0 Å². The lowest BCUT2D eigenvalue weighted by Gasteiger charge is -2.34. The van der Waals surface area contributed by atoms with Gasteiger partial charge in [-0.1, -0.05) is 31.3 Å². The van der Waals surface area contributed by atoms with Crippen molar-refractivity contribution in [3.05, 3.63) is 0 Å². The number of carbonyl (C=O) groups is 1. The number of oxime groups is 1. The molecule has 1 amide bonds. The maximum Gasteiger partial charge on any atom is 0.233 e. The van der Waals surface area contributed by atoms with E-state index in [0.29, 0.717) is 12.8 Å². The molecule has 1 aliphatic rings. The number of nitrogens with two attached hydrogens (primary N) is 1. The molecule has 0 heterocycles. The van der Waals surface area contributed by atoms with Crippen LogP contribution >= 0.6 is 0 Å². The van der Waals surface area contributed by atoms with E-state index < -0.39 is 15.3 Å². The van der Waals surface area contributed by atoms with Crippen LogP contribution in [-0.2, 0) is 14.6 Å². The Morgan fingerprint density at radius 2 is 1.95 bits per heavy atom. The number of amides is 1. The maximum atomic E-state index is 12.3. The molecule has 1 aliphatic carbocycles. The van der Waals surface area contributed by atoms with Gasteiger partial charge in [-0.15, -0.1) is 0 Å². The molecular weight excluding hydrogens is 282 g/mol. The van der Waals surface area contributed by atoms with Crippen molar-refractivity contribution < 1.29 is 18.4 Å². The van der Waals surface area contributed by atoms with Gasteiger partial charge in [-0.3, -0.25) is 4.79 Å². The van der Waals surface area contributed by atoms with Crippen LogP contribution in [0.5, 0.6) is 0 Å². The molecule has 4 N–H and O–H groups in total. The quantitative estimate of drug-likeness (QED) is 0.281. The highest BCUT2D eigenvalue weighted by atomic mass is 32.2. The third-order valence-electron chi connectivity index (χ3n) is 3.88. The molecule has 0 unspecified atom stereocenters. The van der Waals surface area contributed by atoms with Crippen molar-refractivity contribution in [2.75, 3.05) is 18.1 Å². The van der Waals surface area contributed by atoms with E-state index in [-0.39, 0.29) is 29.8 Å². The molecule has 8 heteroatoms. The van der Waals surface area contributed by atoms with Gasteiger partial charge < -0.3 is 16.3 Å². The third-order valence-corrected chi connectivity index (χ3v) is 5.58. The second kappa shape index (κ2) is 6.92. The SMILES string of the molecule is CCS(=O)(=O)CCNC(=O)C1(C(N)=NO)CCCCC1. The van der Waals surface area contributed by atoms with Crippen molar-refractivity contribution >= 4 is 21.6 Å². The fraction of sp³-hybridized carbons (Fsp3) is 0.833. The third kappa shape index (κ3) is 3.84. The minimum absolute atomic E-state index is 0.0499. The number of sulfone groups is 1. The molecular formula is C12H23N3O4S. The number of rotatable bonds is 6. The lowest BCUT2D eigenvalue weighted by Crippen LogP contribution is -2.51. The average Bonchev–Trinajstić information content (AvgIpc) is 2.46. The fourth-order valence-corrected chi connectivity index (χ4v) is 3.19. The van der Waals surface area contributed by atoms with Gasteiger partial charge in [-0.25, -0.2) is 8.42 Å². The minimum atomic E-state index is -3.12. The van der Waals surface area contributed by atoms with Crippen molar-refractivity contribution in [2.45, 2.75) is 39.0 Å². The van der Waals surface area contributed by atoms with E-state index in [0.717, 1.165) is 19.3 Å². The summed E-state index contributed by atoms with van der Waals surface area (Å²) in [6, 6.07) is 0. The molecule has 0 aromatic carbocycles. The standard InChI is InChI=1S/C12H23N3O4S/c1-2-20(18,19)9-8-14-11(16)12(10(13)15-17)6-4-3-5-7-12/h17H,2-9H2,1H3,(H2,13,15)(H,14,16). The fourth-order valence-electron chi connectivity index (χ4n) is 2.48. The van der Waals surface area contributed by atoms with Gasteiger partial charge in [0.25, 0.3) is 0 Å². The molecule has 116 valence electrons. The molecule has 0 aliphatic heterocycles. The average molecular weight is 305 g/mol. The molecule has 0 aromatic heterocycles.